The number of hydrogen-bond donors (Lipinski definition) is 8. The number of amides is 3. The van der Waals surface area contributed by atoms with E-state index in [9.17, 15) is 54.0 Å². The van der Waals surface area contributed by atoms with E-state index in [4.69, 9.17) is 0 Å². The molecule has 0 radical (unpaired) electrons. The molecular weight excluding hydrogens is 1600 g/mol. The number of aryl methyl sites for hydroxylation is 3. The summed E-state index contributed by atoms with van der Waals surface area (Å²) in [6.07, 6.45) is 13.0. The number of aliphatic carboxylic acids is 3. The summed E-state index contributed by atoms with van der Waals surface area (Å²) < 4.78 is 0. The minimum Gasteiger partial charge on any atom is -0.480 e. The molecule has 3 amide bonds. The number of aromatic nitrogens is 4. The molecule has 0 aliphatic rings. The Morgan fingerprint density at radius 3 is 1.18 bits per heavy atom. The molecule has 3 atom stereocenters. The zero-order valence-electron chi connectivity index (χ0n) is 69.8. The Morgan fingerprint density at radius 1 is 0.390 bits per heavy atom. The Kier molecular flexibility index (Phi) is 35.7. The van der Waals surface area contributed by atoms with Crippen molar-refractivity contribution in [3.8, 4) is 33.4 Å². The summed E-state index contributed by atoms with van der Waals surface area (Å²) in [5, 5.41) is 67.6. The van der Waals surface area contributed by atoms with Crippen molar-refractivity contribution in [2.45, 2.75) is 97.2 Å². The molecule has 0 aliphatic carbocycles. The third-order valence-electron chi connectivity index (χ3n) is 20.9. The Hall–Kier alpha value is -12.7. The predicted octanol–water partition coefficient (Wildman–Crippen LogP) is 17.2. The zero-order chi connectivity index (χ0) is 87.5. The second-order valence-electron chi connectivity index (χ2n) is 29.9. The van der Waals surface area contributed by atoms with Crippen molar-refractivity contribution in [1.29, 1.82) is 0 Å². The lowest BCUT2D eigenvalue weighted by Gasteiger charge is -2.33. The van der Waals surface area contributed by atoms with Gasteiger partial charge in [-0.15, -0.1) is 5.10 Å². The van der Waals surface area contributed by atoms with Crippen molar-refractivity contribution < 1.29 is 54.0 Å². The molecule has 0 unspecified atom stereocenters. The average Bonchev–Trinajstić information content (AvgIpc) is 0.805. The van der Waals surface area contributed by atoms with Crippen LogP contribution in [0.2, 0.25) is 0 Å². The molecule has 0 aliphatic heterocycles. The van der Waals surface area contributed by atoms with Gasteiger partial charge in [-0.2, -0.15) is 50.6 Å². The lowest BCUT2D eigenvalue weighted by atomic mass is 9.77. The van der Waals surface area contributed by atoms with Gasteiger partial charge in [-0.05, 0) is 233 Å². The minimum absolute atomic E-state index is 0.0377. The number of benzene rings is 10. The quantitative estimate of drug-likeness (QED) is 0.0165. The first-order valence-corrected chi connectivity index (χ1v) is 44.6. The third-order valence-corrected chi connectivity index (χ3v) is 22.9. The Morgan fingerprint density at radius 2 is 0.780 bits per heavy atom. The molecule has 2 heterocycles. The number of carbonyl (C=O) groups excluding carboxylic acids is 4. The van der Waals surface area contributed by atoms with Crippen LogP contribution in [0.1, 0.15) is 100 Å². The molecule has 634 valence electrons. The van der Waals surface area contributed by atoms with Gasteiger partial charge < -0.3 is 51.5 Å². The average molecular weight is 1710 g/mol. The fraction of sp³-hybridized carbons (Fsp3) is 0.242. The number of Topliss-reactive ketones (excluding diaryl/α,β-unsaturated/α-hetero) is 1. The van der Waals surface area contributed by atoms with E-state index in [2.05, 4.69) is 100.0 Å². The van der Waals surface area contributed by atoms with Crippen molar-refractivity contribution in [3.63, 3.8) is 0 Å². The molecule has 0 spiro atoms. The summed E-state index contributed by atoms with van der Waals surface area (Å²) in [6, 6.07) is 83.7. The second kappa shape index (κ2) is 47.5. The van der Waals surface area contributed by atoms with Crippen molar-refractivity contribution in [1.82, 2.24) is 36.3 Å². The molecule has 21 nitrogen and oxygen atoms in total. The zero-order valence-corrected chi connectivity index (χ0v) is 72.3. The standard InChI is InChI=1S/C37H40N2O5S.2C31H32N4O3S/c1-26-11-9-10-16-30(26)32-21-29(17-18-31(32)35(42)39-33(19-20-45-2)34(41)36(43)44)38-24-37(25-40,22-27-12-5-3-6-13-27)23-28-14-7-4-8-15-28;1-22-9-6-7-12-25(22)27-19-24(14-15-26(27)30(36)33-28(31(37)38)16-18-39-2)21-35(29-13-8-17-32-34-29)20-23-10-4-3-5-11-23;1-22-8-6-7-11-26(22)28-18-24(12-13-27(28)30(36)34-29(31(37)38)15-17-39-2)21-35(25-14-16-32-33-19-25)20-23-9-4-3-5-10-23/h3-18,21,33,38,40H,19-20,22-25H2,1-2H3,(H,39,42)(H,43,44);3-15,17,19,28H,16,18,20-21H2,1-2H3,(H,33,36)(H,37,38);3-14,16,18-19,29H,15,17,20-21H2,1-2H3,(H,34,36)(H,37,38)/t33-;28-;29-/m000/s1. The maximum absolute atomic E-state index is 13.6. The van der Waals surface area contributed by atoms with E-state index in [0.29, 0.717) is 97.9 Å². The number of thioether (sulfide) groups is 3. The Bertz CT molecular complexity index is 5200. The van der Waals surface area contributed by atoms with Crippen molar-refractivity contribution in [2.24, 2.45) is 5.41 Å². The van der Waals surface area contributed by atoms with Gasteiger partial charge in [0.15, 0.2) is 5.82 Å². The maximum atomic E-state index is 13.6. The highest BCUT2D eigenvalue weighted by atomic mass is 32.2. The van der Waals surface area contributed by atoms with Gasteiger partial charge in [-0.3, -0.25) is 19.2 Å². The van der Waals surface area contributed by atoms with Gasteiger partial charge >= 0.3 is 17.9 Å². The number of aliphatic hydroxyl groups is 1. The van der Waals surface area contributed by atoms with Gasteiger partial charge in [0.05, 0.1) is 24.7 Å². The summed E-state index contributed by atoms with van der Waals surface area (Å²) in [5.41, 5.74) is 16.9. The number of ketones is 1. The number of anilines is 3. The van der Waals surface area contributed by atoms with E-state index in [-0.39, 0.29) is 13.0 Å². The van der Waals surface area contributed by atoms with E-state index in [1.54, 1.807) is 66.4 Å². The fourth-order valence-corrected chi connectivity index (χ4v) is 15.8. The number of carboxylic acids is 3. The van der Waals surface area contributed by atoms with Gasteiger partial charge in [0, 0.05) is 66.7 Å². The molecule has 10 aromatic carbocycles. The molecule has 8 N–H and O–H groups in total. The summed E-state index contributed by atoms with van der Waals surface area (Å²) >= 11 is 4.57. The molecule has 0 saturated carbocycles. The molecule has 123 heavy (non-hydrogen) atoms. The summed E-state index contributed by atoms with van der Waals surface area (Å²) in [5.74, 6) is -3.43. The van der Waals surface area contributed by atoms with Crippen LogP contribution in [0, 0.1) is 26.2 Å². The number of carbonyl (C=O) groups is 7. The first-order chi connectivity index (χ1) is 59.7. The SMILES string of the molecule is CSCC[C@H](NC(=O)c1ccc(CN(Cc2ccccc2)c2cccnn2)cc1-c1ccccc1C)C(=O)O.CSCC[C@H](NC(=O)c1ccc(CN(Cc2ccccc2)c2ccnnc2)cc1-c1ccccc1C)C(=O)O.CSCC[C@H](NC(=O)c1ccc(NCC(CO)(Cc2ccccc2)Cc2ccccc2)cc1-c1ccccc1C)C(=O)C(=O)O. The second-order valence-corrected chi connectivity index (χ2v) is 32.9. The fourth-order valence-electron chi connectivity index (χ4n) is 14.4. The van der Waals surface area contributed by atoms with Crippen molar-refractivity contribution in [2.75, 3.05) is 64.3 Å². The Balaban J connectivity index is 0.000000194. The van der Waals surface area contributed by atoms with E-state index < -0.39 is 65.0 Å². The minimum atomic E-state index is -1.57. The van der Waals surface area contributed by atoms with Crippen LogP contribution in [0.25, 0.3) is 33.4 Å². The van der Waals surface area contributed by atoms with E-state index in [1.807, 2.05) is 234 Å². The summed E-state index contributed by atoms with van der Waals surface area (Å²) in [7, 11) is 0. The number of nitrogens with one attached hydrogen (secondary N) is 4. The molecule has 12 rings (SSSR count). The highest BCUT2D eigenvalue weighted by Gasteiger charge is 2.33. The highest BCUT2D eigenvalue weighted by Crippen LogP contribution is 2.36. The van der Waals surface area contributed by atoms with Crippen LogP contribution in [-0.4, -0.2) is 150 Å². The lowest BCUT2D eigenvalue weighted by Crippen LogP contribution is -2.44. The largest absolute Gasteiger partial charge is 0.480 e. The molecule has 24 heteroatoms. The third kappa shape index (κ3) is 27.4. The number of rotatable bonds is 40. The number of aliphatic hydroxyl groups excluding tert-OH is 1. The highest BCUT2D eigenvalue weighted by molar-refractivity contribution is 7.99. The van der Waals surface area contributed by atoms with Crippen LogP contribution >= 0.6 is 35.3 Å². The first kappa shape index (κ1) is 92.5. The normalized spacial score (nSPS) is 11.7. The predicted molar refractivity (Wildman–Crippen MR) is 496 cm³/mol. The van der Waals surface area contributed by atoms with E-state index in [0.717, 1.165) is 95.1 Å². The van der Waals surface area contributed by atoms with Crippen LogP contribution < -0.4 is 31.1 Å². The molecule has 0 fully saturated rings. The molecule has 2 aromatic heterocycles. The summed E-state index contributed by atoms with van der Waals surface area (Å²) in [4.78, 5) is 92.3. The van der Waals surface area contributed by atoms with Crippen LogP contribution in [0.5, 0.6) is 0 Å². The van der Waals surface area contributed by atoms with E-state index >= 15 is 0 Å². The van der Waals surface area contributed by atoms with Crippen molar-refractivity contribution in [3.05, 3.63) is 352 Å². The molecule has 0 saturated heterocycles. The lowest BCUT2D eigenvalue weighted by molar-refractivity contribution is -0.150. The van der Waals surface area contributed by atoms with Crippen molar-refractivity contribution >= 4 is 93.9 Å². The van der Waals surface area contributed by atoms with Gasteiger partial charge in [-0.1, -0.05) is 206 Å². The molecule has 0 bridgehead atoms. The van der Waals surface area contributed by atoms with E-state index in [1.165, 1.54) is 11.8 Å². The van der Waals surface area contributed by atoms with Gasteiger partial charge in [0.25, 0.3) is 23.5 Å². The van der Waals surface area contributed by atoms with Gasteiger partial charge in [0.1, 0.15) is 18.1 Å². The molecular formula is C99H104N10O11S3. The van der Waals surface area contributed by atoms with Gasteiger partial charge in [-0.25, -0.2) is 14.4 Å². The smallest absolute Gasteiger partial charge is 0.374 e. The number of nitrogens with zero attached hydrogens (tertiary/aromatic N) is 6. The number of carboxylic acid groups (broad SMARTS) is 3. The molecule has 12 aromatic rings. The van der Waals surface area contributed by atoms with Crippen LogP contribution in [-0.2, 0) is 58.2 Å². The summed E-state index contributed by atoms with van der Waals surface area (Å²) in [6.45, 7) is 8.83. The van der Waals surface area contributed by atoms with Gasteiger partial charge in [0.2, 0.25) is 0 Å². The van der Waals surface area contributed by atoms with Crippen LogP contribution in [0.15, 0.2) is 286 Å². The number of hydrogen-bond acceptors (Lipinski definition) is 18. The monoisotopic (exact) mass is 1700 g/mol. The topological polar surface area (TPSA) is 307 Å². The maximum Gasteiger partial charge on any atom is 0.374 e. The first-order valence-electron chi connectivity index (χ1n) is 40.4. The van der Waals surface area contributed by atoms with Crippen LogP contribution in [0.4, 0.5) is 17.2 Å². The van der Waals surface area contributed by atoms with Crippen LogP contribution in [0.3, 0.4) is 0 Å². The Labute approximate surface area is 732 Å².